The summed E-state index contributed by atoms with van der Waals surface area (Å²) in [4.78, 5) is 21.8. The summed E-state index contributed by atoms with van der Waals surface area (Å²) < 4.78 is 0. The van der Waals surface area contributed by atoms with E-state index in [0.29, 0.717) is 12.1 Å². The van der Waals surface area contributed by atoms with Crippen molar-refractivity contribution in [3.63, 3.8) is 0 Å². The molecule has 1 aliphatic rings. The van der Waals surface area contributed by atoms with Crippen molar-refractivity contribution in [3.05, 3.63) is 82.3 Å². The number of nitrogens with one attached hydrogen (secondary N) is 1. The number of amides is 1. The van der Waals surface area contributed by atoms with Crippen molar-refractivity contribution in [2.24, 2.45) is 0 Å². The Morgan fingerprint density at radius 3 is 2.66 bits per heavy atom. The van der Waals surface area contributed by atoms with Gasteiger partial charge in [-0.15, -0.1) is 23.1 Å². The van der Waals surface area contributed by atoms with Crippen LogP contribution in [0.3, 0.4) is 0 Å². The van der Waals surface area contributed by atoms with Crippen molar-refractivity contribution in [1.29, 1.82) is 0 Å². The van der Waals surface area contributed by atoms with Crippen LogP contribution in [0.25, 0.3) is 0 Å². The van der Waals surface area contributed by atoms with Crippen LogP contribution in [0.1, 0.15) is 39.7 Å². The van der Waals surface area contributed by atoms with Gasteiger partial charge in [-0.2, -0.15) is 0 Å². The molecule has 0 radical (unpaired) electrons. The maximum absolute atomic E-state index is 12.7. The SMILES string of the molecule is O=C(NCC(c1cccs1)N1CCCC1)c1ccc(SCc2cccnc2)cc1. The van der Waals surface area contributed by atoms with Crippen molar-refractivity contribution in [2.75, 3.05) is 19.6 Å². The van der Waals surface area contributed by atoms with E-state index in [1.165, 1.54) is 23.3 Å². The molecule has 3 heterocycles. The van der Waals surface area contributed by atoms with Crippen LogP contribution in [-0.2, 0) is 5.75 Å². The Balaban J connectivity index is 1.33. The van der Waals surface area contributed by atoms with Crippen LogP contribution in [0, 0.1) is 0 Å². The molecule has 2 aromatic heterocycles. The number of carbonyl (C=O) groups is 1. The van der Waals surface area contributed by atoms with E-state index in [1.807, 2.05) is 36.5 Å². The molecule has 0 saturated carbocycles. The van der Waals surface area contributed by atoms with E-state index >= 15 is 0 Å². The molecule has 1 fully saturated rings. The van der Waals surface area contributed by atoms with Gasteiger partial charge in [-0.3, -0.25) is 14.7 Å². The highest BCUT2D eigenvalue weighted by molar-refractivity contribution is 7.98. The quantitative estimate of drug-likeness (QED) is 0.518. The van der Waals surface area contributed by atoms with E-state index in [2.05, 4.69) is 38.8 Å². The first-order chi connectivity index (χ1) is 14.3. The van der Waals surface area contributed by atoms with Gasteiger partial charge in [0.25, 0.3) is 5.91 Å². The minimum atomic E-state index is -0.00503. The lowest BCUT2D eigenvalue weighted by Gasteiger charge is -2.27. The standard InChI is InChI=1S/C23H25N3OS2/c27-23(25-16-21(22-6-4-14-28-22)26-12-1-2-13-26)19-7-9-20(10-8-19)29-17-18-5-3-11-24-15-18/h3-11,14-15,21H,1-2,12-13,16-17H2,(H,25,27). The van der Waals surface area contributed by atoms with Gasteiger partial charge in [-0.25, -0.2) is 0 Å². The predicted octanol–water partition coefficient (Wildman–Crippen LogP) is 5.00. The van der Waals surface area contributed by atoms with Crippen molar-refractivity contribution >= 4 is 29.0 Å². The Kier molecular flexibility index (Phi) is 6.98. The van der Waals surface area contributed by atoms with Crippen LogP contribution in [0.2, 0.25) is 0 Å². The number of thioether (sulfide) groups is 1. The van der Waals surface area contributed by atoms with Crippen LogP contribution in [0.4, 0.5) is 0 Å². The molecule has 1 aromatic carbocycles. The summed E-state index contributed by atoms with van der Waals surface area (Å²) >= 11 is 3.52. The number of pyridine rings is 1. The molecular weight excluding hydrogens is 398 g/mol. The Morgan fingerprint density at radius 2 is 1.97 bits per heavy atom. The summed E-state index contributed by atoms with van der Waals surface area (Å²) in [7, 11) is 0. The fourth-order valence-electron chi connectivity index (χ4n) is 3.59. The maximum atomic E-state index is 12.7. The van der Waals surface area contributed by atoms with Gasteiger partial charge in [0.2, 0.25) is 0 Å². The molecule has 4 rings (SSSR count). The lowest BCUT2D eigenvalue weighted by Crippen LogP contribution is -2.36. The van der Waals surface area contributed by atoms with E-state index in [9.17, 15) is 4.79 Å². The number of likely N-dealkylation sites (tertiary alicyclic amines) is 1. The van der Waals surface area contributed by atoms with Crippen molar-refractivity contribution in [2.45, 2.75) is 29.5 Å². The van der Waals surface area contributed by atoms with Crippen LogP contribution < -0.4 is 5.32 Å². The molecule has 1 saturated heterocycles. The molecule has 1 atom stereocenters. The molecular formula is C23H25N3OS2. The molecule has 4 nitrogen and oxygen atoms in total. The lowest BCUT2D eigenvalue weighted by atomic mass is 10.2. The van der Waals surface area contributed by atoms with Crippen LogP contribution in [0.5, 0.6) is 0 Å². The normalized spacial score (nSPS) is 15.3. The Labute approximate surface area is 180 Å². The molecule has 0 bridgehead atoms. The maximum Gasteiger partial charge on any atom is 0.251 e. The second kappa shape index (κ2) is 10.1. The van der Waals surface area contributed by atoms with Crippen molar-refractivity contribution in [3.8, 4) is 0 Å². The minimum Gasteiger partial charge on any atom is -0.350 e. The number of nitrogens with zero attached hydrogens (tertiary/aromatic N) is 2. The van der Waals surface area contributed by atoms with Gasteiger partial charge in [0.15, 0.2) is 0 Å². The van der Waals surface area contributed by atoms with Crippen molar-refractivity contribution < 1.29 is 4.79 Å². The first-order valence-electron chi connectivity index (χ1n) is 9.97. The first kappa shape index (κ1) is 20.1. The van der Waals surface area contributed by atoms with E-state index in [1.54, 1.807) is 29.3 Å². The molecule has 1 N–H and O–H groups in total. The molecule has 3 aromatic rings. The fraction of sp³-hybridized carbons (Fsp3) is 0.304. The van der Waals surface area contributed by atoms with Crippen LogP contribution >= 0.6 is 23.1 Å². The zero-order valence-corrected chi connectivity index (χ0v) is 17.9. The van der Waals surface area contributed by atoms with Crippen LogP contribution in [0.15, 0.2) is 71.2 Å². The van der Waals surface area contributed by atoms with Crippen molar-refractivity contribution in [1.82, 2.24) is 15.2 Å². The van der Waals surface area contributed by atoms with E-state index < -0.39 is 0 Å². The lowest BCUT2D eigenvalue weighted by molar-refractivity contribution is 0.0938. The molecule has 29 heavy (non-hydrogen) atoms. The summed E-state index contributed by atoms with van der Waals surface area (Å²) in [5, 5.41) is 5.27. The summed E-state index contributed by atoms with van der Waals surface area (Å²) in [6.07, 6.45) is 6.16. The second-order valence-corrected chi connectivity index (χ2v) is 9.19. The van der Waals surface area contributed by atoms with Gasteiger partial charge < -0.3 is 5.32 Å². The molecule has 1 amide bonds. The number of carbonyl (C=O) groups excluding carboxylic acids is 1. The highest BCUT2D eigenvalue weighted by Gasteiger charge is 2.24. The summed E-state index contributed by atoms with van der Waals surface area (Å²) in [6.45, 7) is 2.87. The third kappa shape index (κ3) is 5.47. The number of hydrogen-bond acceptors (Lipinski definition) is 5. The number of rotatable bonds is 8. The van der Waals surface area contributed by atoms with E-state index in [0.717, 1.165) is 23.7 Å². The largest absolute Gasteiger partial charge is 0.350 e. The predicted molar refractivity (Wildman–Crippen MR) is 120 cm³/mol. The Hall–Kier alpha value is -2.15. The first-order valence-corrected chi connectivity index (χ1v) is 11.8. The average Bonchev–Trinajstić information content (AvgIpc) is 3.48. The van der Waals surface area contributed by atoms with Crippen LogP contribution in [-0.4, -0.2) is 35.4 Å². The highest BCUT2D eigenvalue weighted by Crippen LogP contribution is 2.28. The minimum absolute atomic E-state index is 0.00503. The molecule has 0 aliphatic carbocycles. The highest BCUT2D eigenvalue weighted by atomic mass is 32.2. The van der Waals surface area contributed by atoms with Gasteiger partial charge in [0, 0.05) is 40.0 Å². The van der Waals surface area contributed by atoms with E-state index in [-0.39, 0.29) is 11.9 Å². The molecule has 1 unspecified atom stereocenters. The number of hydrogen-bond donors (Lipinski definition) is 1. The zero-order valence-electron chi connectivity index (χ0n) is 16.3. The Bertz CT molecular complexity index is 892. The fourth-order valence-corrected chi connectivity index (χ4v) is 5.28. The molecule has 6 heteroatoms. The molecule has 150 valence electrons. The van der Waals surface area contributed by atoms with Gasteiger partial charge in [0.05, 0.1) is 6.04 Å². The summed E-state index contributed by atoms with van der Waals surface area (Å²) in [6, 6.07) is 16.4. The third-order valence-corrected chi connectivity index (χ3v) is 7.21. The second-order valence-electron chi connectivity index (χ2n) is 7.16. The summed E-state index contributed by atoms with van der Waals surface area (Å²) in [5.74, 6) is 0.868. The van der Waals surface area contributed by atoms with Gasteiger partial charge in [-0.1, -0.05) is 12.1 Å². The smallest absolute Gasteiger partial charge is 0.251 e. The Morgan fingerprint density at radius 1 is 1.14 bits per heavy atom. The number of aromatic nitrogens is 1. The number of benzene rings is 1. The summed E-state index contributed by atoms with van der Waals surface area (Å²) in [5.41, 5.74) is 1.91. The number of thiophene rings is 1. The van der Waals surface area contributed by atoms with E-state index in [4.69, 9.17) is 0 Å². The third-order valence-electron chi connectivity index (χ3n) is 5.15. The van der Waals surface area contributed by atoms with Gasteiger partial charge in [-0.05, 0) is 73.3 Å². The molecule has 1 aliphatic heterocycles. The van der Waals surface area contributed by atoms with Gasteiger partial charge in [0.1, 0.15) is 0 Å². The monoisotopic (exact) mass is 423 g/mol. The average molecular weight is 424 g/mol. The van der Waals surface area contributed by atoms with Gasteiger partial charge >= 0.3 is 0 Å². The zero-order chi connectivity index (χ0) is 19.9. The topological polar surface area (TPSA) is 45.2 Å². The molecule has 0 spiro atoms.